The molecule has 0 spiro atoms. The molecule has 3 rings (SSSR count). The van der Waals surface area contributed by atoms with E-state index >= 15 is 0 Å². The van der Waals surface area contributed by atoms with Crippen LogP contribution in [0.15, 0.2) is 29.2 Å². The maximum absolute atomic E-state index is 12.5. The van der Waals surface area contributed by atoms with E-state index in [1.807, 2.05) is 6.92 Å². The number of benzene rings is 1. The summed E-state index contributed by atoms with van der Waals surface area (Å²) in [6.07, 6.45) is 0.452. The second kappa shape index (κ2) is 8.57. The van der Waals surface area contributed by atoms with E-state index in [4.69, 9.17) is 4.74 Å². The highest BCUT2D eigenvalue weighted by Crippen LogP contribution is 2.37. The maximum atomic E-state index is 12.5. The second-order valence-electron chi connectivity index (χ2n) is 7.01. The van der Waals surface area contributed by atoms with E-state index in [-0.39, 0.29) is 21.4 Å². The van der Waals surface area contributed by atoms with Crippen molar-refractivity contribution >= 4 is 44.0 Å². The number of rotatable bonds is 5. The first-order chi connectivity index (χ1) is 14.1. The number of esters is 1. The molecule has 0 radical (unpaired) electrons. The summed E-state index contributed by atoms with van der Waals surface area (Å²) >= 11 is 1.16. The molecule has 8 nitrogen and oxygen atoms in total. The number of carbonyl (C=O) groups is 3. The van der Waals surface area contributed by atoms with E-state index in [1.54, 1.807) is 17.0 Å². The molecule has 1 aliphatic heterocycles. The van der Waals surface area contributed by atoms with Crippen molar-refractivity contribution in [3.8, 4) is 0 Å². The van der Waals surface area contributed by atoms with Gasteiger partial charge in [-0.2, -0.15) is 0 Å². The average molecular weight is 451 g/mol. The smallest absolute Gasteiger partial charge is 0.341 e. The molecule has 0 fully saturated rings. The summed E-state index contributed by atoms with van der Waals surface area (Å²) in [5.74, 6) is -2.19. The fourth-order valence-corrected chi connectivity index (χ4v) is 5.64. The summed E-state index contributed by atoms with van der Waals surface area (Å²) in [4.78, 5) is 39.0. The molecule has 10 heteroatoms. The molecule has 0 bridgehead atoms. The molecule has 1 aromatic heterocycles. The van der Waals surface area contributed by atoms with Gasteiger partial charge in [0.15, 0.2) is 9.84 Å². The monoisotopic (exact) mass is 450 g/mol. The van der Waals surface area contributed by atoms with E-state index < -0.39 is 27.5 Å². The highest BCUT2D eigenvalue weighted by molar-refractivity contribution is 7.92. The number of fused-ring (bicyclic) bond motifs is 1. The van der Waals surface area contributed by atoms with Crippen LogP contribution in [0.1, 0.15) is 33.3 Å². The van der Waals surface area contributed by atoms with Gasteiger partial charge in [0.1, 0.15) is 10.8 Å². The normalized spacial score (nSPS) is 13.5. The van der Waals surface area contributed by atoms with Crippen molar-refractivity contribution in [2.75, 3.05) is 24.7 Å². The number of methoxy groups -OCH3 is 1. The third-order valence-corrected chi connectivity index (χ3v) is 7.61. The molecule has 1 N–H and O–H groups in total. The summed E-state index contributed by atoms with van der Waals surface area (Å²) in [5.41, 5.74) is 1.85. The molecule has 0 atom stereocenters. The van der Waals surface area contributed by atoms with Gasteiger partial charge in [0, 0.05) is 18.3 Å². The quantitative estimate of drug-likeness (QED) is 0.699. The number of amides is 2. The van der Waals surface area contributed by atoms with Crippen LogP contribution in [-0.4, -0.2) is 50.5 Å². The Morgan fingerprint density at radius 3 is 2.47 bits per heavy atom. The number of hydrogen-bond acceptors (Lipinski definition) is 7. The molecule has 0 saturated carbocycles. The predicted octanol–water partition coefficient (Wildman–Crippen LogP) is 2.16. The highest BCUT2D eigenvalue weighted by atomic mass is 32.2. The van der Waals surface area contributed by atoms with Crippen molar-refractivity contribution < 1.29 is 27.5 Å². The lowest BCUT2D eigenvalue weighted by Crippen LogP contribution is -2.33. The molecule has 2 aromatic rings. The van der Waals surface area contributed by atoms with Gasteiger partial charge in [-0.3, -0.25) is 9.59 Å². The molecular formula is C20H22N2O6S2. The molecule has 0 unspecified atom stereocenters. The van der Waals surface area contributed by atoms with Gasteiger partial charge in [0.05, 0.1) is 24.1 Å². The minimum Gasteiger partial charge on any atom is -0.465 e. The van der Waals surface area contributed by atoms with Gasteiger partial charge in [-0.15, -0.1) is 11.3 Å². The lowest BCUT2D eigenvalue weighted by Gasteiger charge is -2.25. The highest BCUT2D eigenvalue weighted by Gasteiger charge is 2.30. The Morgan fingerprint density at radius 1 is 1.20 bits per heavy atom. The molecule has 2 amide bonds. The molecule has 2 heterocycles. The fraction of sp³-hybridized carbons (Fsp3) is 0.350. The summed E-state index contributed by atoms with van der Waals surface area (Å²) in [6.45, 7) is 4.09. The molecular weight excluding hydrogens is 428 g/mol. The van der Waals surface area contributed by atoms with Crippen LogP contribution < -0.4 is 5.32 Å². The first-order valence-corrected chi connectivity index (χ1v) is 11.7. The van der Waals surface area contributed by atoms with Crippen LogP contribution >= 0.6 is 11.3 Å². The Balaban J connectivity index is 1.85. The Bertz CT molecular complexity index is 1100. The van der Waals surface area contributed by atoms with E-state index in [2.05, 4.69) is 5.32 Å². The SMILES string of the molecule is COC(=O)c1c(NC(=O)CS(=O)(=O)c2ccc(C)cc2)sc2c1CCN(C(C)=O)C2. The van der Waals surface area contributed by atoms with Crippen LogP contribution in [-0.2, 0) is 37.1 Å². The molecule has 30 heavy (non-hydrogen) atoms. The van der Waals surface area contributed by atoms with Crippen molar-refractivity contribution in [3.63, 3.8) is 0 Å². The standard InChI is InChI=1S/C20H22N2O6S2/c1-12-4-6-14(7-5-12)30(26,27)11-17(24)21-19-18(20(25)28-3)15-8-9-22(13(2)23)10-16(15)29-19/h4-7H,8-11H2,1-3H3,(H,21,24). The maximum Gasteiger partial charge on any atom is 0.341 e. The fourth-order valence-electron chi connectivity index (χ4n) is 3.24. The number of carbonyl (C=O) groups excluding carboxylic acids is 3. The molecule has 1 aliphatic rings. The zero-order valence-electron chi connectivity index (χ0n) is 16.9. The third kappa shape index (κ3) is 4.54. The van der Waals surface area contributed by atoms with Crippen LogP contribution in [0, 0.1) is 6.92 Å². The number of ether oxygens (including phenoxy) is 1. The van der Waals surface area contributed by atoms with Crippen molar-refractivity contribution in [1.29, 1.82) is 0 Å². The lowest BCUT2D eigenvalue weighted by atomic mass is 10.0. The Kier molecular flexibility index (Phi) is 6.27. The van der Waals surface area contributed by atoms with Crippen LogP contribution in [0.5, 0.6) is 0 Å². The first-order valence-electron chi connectivity index (χ1n) is 9.20. The summed E-state index contributed by atoms with van der Waals surface area (Å²) in [5, 5.41) is 2.80. The zero-order valence-corrected chi connectivity index (χ0v) is 18.5. The Labute approximate surface area is 178 Å². The molecule has 160 valence electrons. The van der Waals surface area contributed by atoms with E-state index in [1.165, 1.54) is 26.2 Å². The van der Waals surface area contributed by atoms with Gasteiger partial charge in [-0.05, 0) is 31.0 Å². The van der Waals surface area contributed by atoms with Gasteiger partial charge in [-0.25, -0.2) is 13.2 Å². The number of anilines is 1. The summed E-state index contributed by atoms with van der Waals surface area (Å²) in [7, 11) is -2.59. The van der Waals surface area contributed by atoms with Gasteiger partial charge in [0.25, 0.3) is 0 Å². The van der Waals surface area contributed by atoms with Crippen LogP contribution in [0.25, 0.3) is 0 Å². The van der Waals surface area contributed by atoms with E-state index in [9.17, 15) is 22.8 Å². The van der Waals surface area contributed by atoms with Crippen molar-refractivity contribution in [2.45, 2.75) is 31.7 Å². The lowest BCUT2D eigenvalue weighted by molar-refractivity contribution is -0.129. The number of aryl methyl sites for hydroxylation is 1. The van der Waals surface area contributed by atoms with Crippen LogP contribution in [0.3, 0.4) is 0 Å². The minimum atomic E-state index is -3.83. The van der Waals surface area contributed by atoms with E-state index in [0.29, 0.717) is 19.5 Å². The zero-order chi connectivity index (χ0) is 22.1. The third-order valence-electron chi connectivity index (χ3n) is 4.85. The molecule has 1 aromatic carbocycles. The number of sulfone groups is 1. The summed E-state index contributed by atoms with van der Waals surface area (Å²) in [6, 6.07) is 6.23. The number of nitrogens with one attached hydrogen (secondary N) is 1. The van der Waals surface area contributed by atoms with E-state index in [0.717, 1.165) is 27.3 Å². The summed E-state index contributed by atoms with van der Waals surface area (Å²) < 4.78 is 29.9. The van der Waals surface area contributed by atoms with Crippen molar-refractivity contribution in [2.24, 2.45) is 0 Å². The van der Waals surface area contributed by atoms with Gasteiger partial charge < -0.3 is 15.0 Å². The average Bonchev–Trinajstić information content (AvgIpc) is 3.03. The van der Waals surface area contributed by atoms with Gasteiger partial charge in [-0.1, -0.05) is 17.7 Å². The topological polar surface area (TPSA) is 110 Å². The number of thiophene rings is 1. The predicted molar refractivity (Wildman–Crippen MR) is 112 cm³/mol. The molecule has 0 aliphatic carbocycles. The van der Waals surface area contributed by atoms with Crippen molar-refractivity contribution in [3.05, 3.63) is 45.8 Å². The first kappa shape index (κ1) is 22.0. The number of nitrogens with zero attached hydrogens (tertiary/aromatic N) is 1. The Hall–Kier alpha value is -2.72. The second-order valence-corrected chi connectivity index (χ2v) is 10.1. The van der Waals surface area contributed by atoms with Gasteiger partial charge in [0.2, 0.25) is 11.8 Å². The number of hydrogen-bond donors (Lipinski definition) is 1. The van der Waals surface area contributed by atoms with Crippen LogP contribution in [0.4, 0.5) is 5.00 Å². The Morgan fingerprint density at radius 2 is 1.87 bits per heavy atom. The van der Waals surface area contributed by atoms with Crippen LogP contribution in [0.2, 0.25) is 0 Å². The largest absolute Gasteiger partial charge is 0.465 e. The molecule has 0 saturated heterocycles. The minimum absolute atomic E-state index is 0.0546. The van der Waals surface area contributed by atoms with Crippen molar-refractivity contribution in [1.82, 2.24) is 4.90 Å². The van der Waals surface area contributed by atoms with Gasteiger partial charge >= 0.3 is 5.97 Å².